The maximum absolute atomic E-state index is 12.5. The number of aliphatic hydroxyl groups excluding tert-OH is 1. The van der Waals surface area contributed by atoms with Gasteiger partial charge in [0.05, 0.1) is 16.6 Å². The summed E-state index contributed by atoms with van der Waals surface area (Å²) in [4.78, 5) is 26.3. The summed E-state index contributed by atoms with van der Waals surface area (Å²) in [5.74, 6) is -0.646. The van der Waals surface area contributed by atoms with Gasteiger partial charge in [-0.1, -0.05) is 30.7 Å². The summed E-state index contributed by atoms with van der Waals surface area (Å²) in [7, 11) is 0. The van der Waals surface area contributed by atoms with E-state index in [-0.39, 0.29) is 24.8 Å². The van der Waals surface area contributed by atoms with Gasteiger partial charge in [-0.25, -0.2) is 0 Å². The van der Waals surface area contributed by atoms with E-state index >= 15 is 0 Å². The van der Waals surface area contributed by atoms with Gasteiger partial charge in [0, 0.05) is 25.1 Å². The first-order valence-electron chi connectivity index (χ1n) is 7.88. The Morgan fingerprint density at radius 2 is 2.17 bits per heavy atom. The van der Waals surface area contributed by atoms with Gasteiger partial charge in [0.1, 0.15) is 0 Å². The van der Waals surface area contributed by atoms with Crippen LogP contribution in [0.4, 0.5) is 5.69 Å². The average Bonchev–Trinajstić information content (AvgIpc) is 2.90. The van der Waals surface area contributed by atoms with Gasteiger partial charge in [0.15, 0.2) is 0 Å². The van der Waals surface area contributed by atoms with Crippen molar-refractivity contribution in [1.29, 1.82) is 0 Å². The van der Waals surface area contributed by atoms with Crippen molar-refractivity contribution in [1.82, 2.24) is 5.32 Å². The summed E-state index contributed by atoms with van der Waals surface area (Å²) in [5, 5.41) is 12.6. The molecule has 2 amide bonds. The monoisotopic (exact) mass is 338 g/mol. The summed E-state index contributed by atoms with van der Waals surface area (Å²) in [6, 6.07) is 7.13. The van der Waals surface area contributed by atoms with Gasteiger partial charge in [-0.2, -0.15) is 0 Å². The third-order valence-electron chi connectivity index (χ3n) is 4.51. The predicted molar refractivity (Wildman–Crippen MR) is 90.5 cm³/mol. The Bertz CT molecular complexity index is 593. The topological polar surface area (TPSA) is 69.6 Å². The minimum Gasteiger partial charge on any atom is -0.396 e. The Balaban J connectivity index is 2.08. The van der Waals surface area contributed by atoms with E-state index in [1.54, 1.807) is 23.1 Å². The van der Waals surface area contributed by atoms with E-state index < -0.39 is 11.5 Å². The van der Waals surface area contributed by atoms with Crippen LogP contribution in [0.15, 0.2) is 24.3 Å². The Hall–Kier alpha value is -1.59. The van der Waals surface area contributed by atoms with Crippen LogP contribution in [0, 0.1) is 5.92 Å². The SMILES string of the molecule is CCC(C)(CCO)NC(=O)C1CC(=O)N(c2ccccc2Cl)C1. The molecule has 23 heavy (non-hydrogen) atoms. The molecule has 0 aromatic heterocycles. The van der Waals surface area contributed by atoms with E-state index in [1.807, 2.05) is 19.9 Å². The Morgan fingerprint density at radius 1 is 1.48 bits per heavy atom. The first-order valence-corrected chi connectivity index (χ1v) is 8.26. The second-order valence-corrected chi connectivity index (χ2v) is 6.64. The minimum atomic E-state index is -0.452. The molecule has 1 aromatic rings. The number of halogens is 1. The highest BCUT2D eigenvalue weighted by Gasteiger charge is 2.37. The van der Waals surface area contributed by atoms with Crippen molar-refractivity contribution in [2.45, 2.75) is 38.6 Å². The summed E-state index contributed by atoms with van der Waals surface area (Å²) in [6.45, 7) is 4.21. The molecule has 2 unspecified atom stereocenters. The molecule has 0 spiro atoms. The van der Waals surface area contributed by atoms with Gasteiger partial charge in [-0.3, -0.25) is 9.59 Å². The average molecular weight is 339 g/mol. The molecule has 0 bridgehead atoms. The molecule has 2 N–H and O–H groups in total. The highest BCUT2D eigenvalue weighted by molar-refractivity contribution is 6.33. The number of nitrogens with zero attached hydrogens (tertiary/aromatic N) is 1. The number of aliphatic hydroxyl groups is 1. The van der Waals surface area contributed by atoms with Gasteiger partial charge >= 0.3 is 0 Å². The van der Waals surface area contributed by atoms with Crippen molar-refractivity contribution in [3.05, 3.63) is 29.3 Å². The van der Waals surface area contributed by atoms with E-state index in [9.17, 15) is 9.59 Å². The van der Waals surface area contributed by atoms with Crippen LogP contribution in [0.2, 0.25) is 5.02 Å². The molecule has 5 nitrogen and oxygen atoms in total. The Labute approximate surface area is 141 Å². The number of rotatable bonds is 6. The normalized spacial score (nSPS) is 20.4. The number of carbonyl (C=O) groups is 2. The zero-order valence-corrected chi connectivity index (χ0v) is 14.3. The standard InChI is InChI=1S/C17H23ClN2O3/c1-3-17(2,8-9-21)19-16(23)12-10-15(22)20(11-12)14-7-5-4-6-13(14)18/h4-7,12,21H,3,8-11H2,1-2H3,(H,19,23). The van der Waals surface area contributed by atoms with Gasteiger partial charge in [-0.05, 0) is 31.9 Å². The van der Waals surface area contributed by atoms with Gasteiger partial charge < -0.3 is 15.3 Å². The van der Waals surface area contributed by atoms with Crippen LogP contribution in [0.1, 0.15) is 33.1 Å². The first-order chi connectivity index (χ1) is 10.9. The van der Waals surface area contributed by atoms with Crippen molar-refractivity contribution in [2.75, 3.05) is 18.1 Å². The number of benzene rings is 1. The molecule has 1 saturated heterocycles. The van der Waals surface area contributed by atoms with E-state index in [0.717, 1.165) is 0 Å². The molecule has 1 aliphatic heterocycles. The second kappa shape index (κ2) is 7.32. The number of para-hydroxylation sites is 1. The molecule has 1 fully saturated rings. The molecule has 2 rings (SSSR count). The molecule has 2 atom stereocenters. The van der Waals surface area contributed by atoms with Crippen LogP contribution in [-0.2, 0) is 9.59 Å². The third kappa shape index (κ3) is 4.03. The lowest BCUT2D eigenvalue weighted by molar-refractivity contribution is -0.128. The number of amides is 2. The summed E-state index contributed by atoms with van der Waals surface area (Å²) < 4.78 is 0. The van der Waals surface area contributed by atoms with E-state index in [0.29, 0.717) is 30.1 Å². The van der Waals surface area contributed by atoms with Crippen LogP contribution in [-0.4, -0.2) is 35.6 Å². The second-order valence-electron chi connectivity index (χ2n) is 6.23. The third-order valence-corrected chi connectivity index (χ3v) is 4.83. The molecule has 1 aromatic carbocycles. The summed E-state index contributed by atoms with van der Waals surface area (Å²) in [5.41, 5.74) is 0.190. The van der Waals surface area contributed by atoms with Gasteiger partial charge in [0.25, 0.3) is 0 Å². The van der Waals surface area contributed by atoms with Crippen molar-refractivity contribution in [3.63, 3.8) is 0 Å². The molecule has 6 heteroatoms. The van der Waals surface area contributed by atoms with Crippen molar-refractivity contribution in [3.8, 4) is 0 Å². The lowest BCUT2D eigenvalue weighted by Gasteiger charge is -2.30. The molecular weight excluding hydrogens is 316 g/mol. The highest BCUT2D eigenvalue weighted by Crippen LogP contribution is 2.31. The fourth-order valence-corrected chi connectivity index (χ4v) is 3.00. The Kier molecular flexibility index (Phi) is 5.65. The number of nitrogens with one attached hydrogen (secondary N) is 1. The molecule has 126 valence electrons. The quantitative estimate of drug-likeness (QED) is 0.836. The molecule has 0 saturated carbocycles. The van der Waals surface area contributed by atoms with Crippen LogP contribution < -0.4 is 10.2 Å². The minimum absolute atomic E-state index is 0.0139. The van der Waals surface area contributed by atoms with Crippen molar-refractivity contribution < 1.29 is 14.7 Å². The van der Waals surface area contributed by atoms with Crippen LogP contribution in [0.5, 0.6) is 0 Å². The van der Waals surface area contributed by atoms with Crippen molar-refractivity contribution >= 4 is 29.1 Å². The van der Waals surface area contributed by atoms with Crippen LogP contribution in [0.25, 0.3) is 0 Å². The fraction of sp³-hybridized carbons (Fsp3) is 0.529. The molecular formula is C17H23ClN2O3. The fourth-order valence-electron chi connectivity index (χ4n) is 2.76. The molecule has 1 aliphatic rings. The van der Waals surface area contributed by atoms with E-state index in [1.165, 1.54) is 0 Å². The molecule has 0 aliphatic carbocycles. The number of hydrogen-bond donors (Lipinski definition) is 2. The number of hydrogen-bond acceptors (Lipinski definition) is 3. The largest absolute Gasteiger partial charge is 0.396 e. The smallest absolute Gasteiger partial charge is 0.227 e. The maximum Gasteiger partial charge on any atom is 0.227 e. The van der Waals surface area contributed by atoms with Crippen LogP contribution >= 0.6 is 11.6 Å². The summed E-state index contributed by atoms with van der Waals surface area (Å²) >= 11 is 6.14. The Morgan fingerprint density at radius 3 is 2.78 bits per heavy atom. The highest BCUT2D eigenvalue weighted by atomic mass is 35.5. The predicted octanol–water partition coefficient (Wildman–Crippen LogP) is 2.36. The summed E-state index contributed by atoms with van der Waals surface area (Å²) in [6.07, 6.45) is 1.38. The van der Waals surface area contributed by atoms with Gasteiger partial charge in [0.2, 0.25) is 11.8 Å². The lowest BCUT2D eigenvalue weighted by Crippen LogP contribution is -2.48. The zero-order chi connectivity index (χ0) is 17.0. The van der Waals surface area contributed by atoms with Crippen molar-refractivity contribution in [2.24, 2.45) is 5.92 Å². The molecule has 1 heterocycles. The van der Waals surface area contributed by atoms with Gasteiger partial charge in [-0.15, -0.1) is 0 Å². The number of anilines is 1. The van der Waals surface area contributed by atoms with E-state index in [4.69, 9.17) is 16.7 Å². The number of carbonyl (C=O) groups excluding carboxylic acids is 2. The lowest BCUT2D eigenvalue weighted by atomic mass is 9.93. The molecule has 0 radical (unpaired) electrons. The zero-order valence-electron chi connectivity index (χ0n) is 13.5. The van der Waals surface area contributed by atoms with E-state index in [2.05, 4.69) is 5.32 Å². The van der Waals surface area contributed by atoms with Crippen LogP contribution in [0.3, 0.4) is 0 Å². The first kappa shape index (κ1) is 17.8. The maximum atomic E-state index is 12.5.